The van der Waals surface area contributed by atoms with E-state index in [2.05, 4.69) is 46.4 Å². The molecule has 4 nitrogen and oxygen atoms in total. The molecule has 1 aliphatic heterocycles. The van der Waals surface area contributed by atoms with Crippen molar-refractivity contribution in [1.82, 2.24) is 15.5 Å². The van der Waals surface area contributed by atoms with Crippen LogP contribution in [-0.2, 0) is 0 Å². The Morgan fingerprint density at radius 2 is 2.19 bits per heavy atom. The normalized spacial score (nSPS) is 18.8. The lowest BCUT2D eigenvalue weighted by Gasteiger charge is -2.28. The quantitative estimate of drug-likeness (QED) is 0.916. The van der Waals surface area contributed by atoms with Crippen LogP contribution in [0.3, 0.4) is 0 Å². The van der Waals surface area contributed by atoms with E-state index in [9.17, 15) is 0 Å². The zero-order chi connectivity index (χ0) is 14.7. The van der Waals surface area contributed by atoms with Crippen molar-refractivity contribution in [2.24, 2.45) is 5.92 Å². The van der Waals surface area contributed by atoms with E-state index < -0.39 is 0 Å². The lowest BCUT2D eigenvalue weighted by Crippen LogP contribution is -2.39. The number of fused-ring (bicyclic) bond motifs is 1. The van der Waals surface area contributed by atoms with E-state index in [1.807, 2.05) is 18.3 Å². The van der Waals surface area contributed by atoms with Crippen LogP contribution < -0.4 is 10.2 Å². The molecule has 1 unspecified atom stereocenters. The van der Waals surface area contributed by atoms with Crippen LogP contribution in [0.5, 0.6) is 0 Å². The number of nitrogens with one attached hydrogen (secondary N) is 1. The molecule has 2 aromatic rings. The van der Waals surface area contributed by atoms with Gasteiger partial charge in [0.15, 0.2) is 0 Å². The van der Waals surface area contributed by atoms with Gasteiger partial charge in [-0.3, -0.25) is 0 Å². The molecule has 4 heteroatoms. The number of benzene rings is 1. The molecule has 1 atom stereocenters. The van der Waals surface area contributed by atoms with Gasteiger partial charge in [-0.25, -0.2) is 0 Å². The molecule has 112 valence electrons. The highest BCUT2D eigenvalue weighted by atomic mass is 15.2. The topological polar surface area (TPSA) is 41.0 Å². The van der Waals surface area contributed by atoms with Crippen molar-refractivity contribution in [1.29, 1.82) is 0 Å². The van der Waals surface area contributed by atoms with Crippen molar-refractivity contribution in [3.05, 3.63) is 30.5 Å². The predicted molar refractivity (Wildman–Crippen MR) is 87.6 cm³/mol. The van der Waals surface area contributed by atoms with Crippen LogP contribution in [0.1, 0.15) is 26.7 Å². The molecule has 21 heavy (non-hydrogen) atoms. The number of aromatic nitrogens is 2. The van der Waals surface area contributed by atoms with Gasteiger partial charge in [-0.1, -0.05) is 32.0 Å². The highest BCUT2D eigenvalue weighted by Crippen LogP contribution is 2.30. The molecule has 1 fully saturated rings. The van der Waals surface area contributed by atoms with Gasteiger partial charge in [-0.05, 0) is 31.4 Å². The highest BCUT2D eigenvalue weighted by molar-refractivity contribution is 5.91. The van der Waals surface area contributed by atoms with Crippen molar-refractivity contribution in [2.45, 2.75) is 32.7 Å². The van der Waals surface area contributed by atoms with Crippen molar-refractivity contribution in [3.8, 4) is 0 Å². The molecule has 0 amide bonds. The second kappa shape index (κ2) is 6.39. The molecule has 1 saturated heterocycles. The van der Waals surface area contributed by atoms with Gasteiger partial charge in [0.25, 0.3) is 0 Å². The summed E-state index contributed by atoms with van der Waals surface area (Å²) in [5.41, 5.74) is 2.21. The summed E-state index contributed by atoms with van der Waals surface area (Å²) in [4.78, 5) is 2.50. The minimum absolute atomic E-state index is 0.566. The number of nitrogens with zero attached hydrogens (tertiary/aromatic N) is 3. The van der Waals surface area contributed by atoms with Gasteiger partial charge in [-0.15, -0.1) is 0 Å². The van der Waals surface area contributed by atoms with Crippen LogP contribution in [0.25, 0.3) is 10.9 Å². The fourth-order valence-electron chi connectivity index (χ4n) is 3.13. The summed E-state index contributed by atoms with van der Waals surface area (Å²) in [5.74, 6) is 0.697. The molecule has 0 spiro atoms. The Kier molecular flexibility index (Phi) is 4.34. The average Bonchev–Trinajstić information content (AvgIpc) is 2.94. The molecule has 0 saturated carbocycles. The molecular weight excluding hydrogens is 260 g/mol. The molecule has 1 aromatic carbocycles. The molecule has 1 aliphatic rings. The number of hydrogen-bond acceptors (Lipinski definition) is 4. The Bertz CT molecular complexity index is 591. The van der Waals surface area contributed by atoms with Crippen LogP contribution in [0, 0.1) is 5.92 Å². The molecule has 3 rings (SSSR count). The summed E-state index contributed by atoms with van der Waals surface area (Å²) < 4.78 is 0. The van der Waals surface area contributed by atoms with Gasteiger partial charge in [0, 0.05) is 24.5 Å². The first kappa shape index (κ1) is 14.3. The maximum atomic E-state index is 4.23. The van der Waals surface area contributed by atoms with Crippen molar-refractivity contribution >= 4 is 16.6 Å². The van der Waals surface area contributed by atoms with Crippen LogP contribution in [0.2, 0.25) is 0 Å². The highest BCUT2D eigenvalue weighted by Gasteiger charge is 2.26. The first-order valence-corrected chi connectivity index (χ1v) is 7.93. The lowest BCUT2D eigenvalue weighted by atomic mass is 10.1. The van der Waals surface area contributed by atoms with Crippen molar-refractivity contribution < 1.29 is 0 Å². The fourth-order valence-corrected chi connectivity index (χ4v) is 3.13. The Labute approximate surface area is 126 Å². The molecule has 1 N–H and O–H groups in total. The first-order chi connectivity index (χ1) is 10.3. The van der Waals surface area contributed by atoms with E-state index >= 15 is 0 Å². The van der Waals surface area contributed by atoms with E-state index in [1.165, 1.54) is 23.9 Å². The summed E-state index contributed by atoms with van der Waals surface area (Å²) in [6.07, 6.45) is 4.43. The Balaban J connectivity index is 1.80. The number of hydrogen-bond donors (Lipinski definition) is 1. The van der Waals surface area contributed by atoms with Crippen LogP contribution in [0.4, 0.5) is 5.69 Å². The second-order valence-corrected chi connectivity index (χ2v) is 6.29. The van der Waals surface area contributed by atoms with Gasteiger partial charge in [-0.2, -0.15) is 10.2 Å². The van der Waals surface area contributed by atoms with Gasteiger partial charge in [0.1, 0.15) is 0 Å². The molecule has 2 heterocycles. The predicted octanol–water partition coefficient (Wildman–Crippen LogP) is 2.84. The largest absolute Gasteiger partial charge is 0.365 e. The smallest absolute Gasteiger partial charge is 0.0950 e. The minimum Gasteiger partial charge on any atom is -0.365 e. The monoisotopic (exact) mass is 284 g/mol. The molecule has 0 bridgehead atoms. The zero-order valence-electron chi connectivity index (χ0n) is 12.9. The Hall–Kier alpha value is -1.68. The minimum atomic E-state index is 0.566. The third-order valence-corrected chi connectivity index (χ3v) is 4.14. The molecule has 0 radical (unpaired) electrons. The standard InChI is InChI=1S/C17H24N4/c1-13(2)10-18-11-14-6-5-9-21(14)17-12-19-20-16-8-4-3-7-15(16)17/h3-4,7-8,12-14,18H,5-6,9-11H2,1-2H3. The van der Waals surface area contributed by atoms with Gasteiger partial charge < -0.3 is 10.2 Å². The number of anilines is 1. The summed E-state index contributed by atoms with van der Waals surface area (Å²) >= 11 is 0. The summed E-state index contributed by atoms with van der Waals surface area (Å²) in [6, 6.07) is 8.85. The van der Waals surface area contributed by atoms with Crippen LogP contribution >= 0.6 is 0 Å². The van der Waals surface area contributed by atoms with Crippen molar-refractivity contribution in [2.75, 3.05) is 24.5 Å². The first-order valence-electron chi connectivity index (χ1n) is 7.93. The van der Waals surface area contributed by atoms with E-state index in [4.69, 9.17) is 0 Å². The van der Waals surface area contributed by atoms with Crippen LogP contribution in [0.15, 0.2) is 30.5 Å². The maximum absolute atomic E-state index is 4.23. The van der Waals surface area contributed by atoms with E-state index in [0.717, 1.165) is 25.2 Å². The lowest BCUT2D eigenvalue weighted by molar-refractivity contribution is 0.512. The van der Waals surface area contributed by atoms with Crippen molar-refractivity contribution in [3.63, 3.8) is 0 Å². The average molecular weight is 284 g/mol. The van der Waals surface area contributed by atoms with Crippen LogP contribution in [-0.4, -0.2) is 35.9 Å². The second-order valence-electron chi connectivity index (χ2n) is 6.29. The zero-order valence-corrected chi connectivity index (χ0v) is 12.9. The Morgan fingerprint density at radius 1 is 1.33 bits per heavy atom. The summed E-state index contributed by atoms with van der Waals surface area (Å²) in [6.45, 7) is 7.75. The van der Waals surface area contributed by atoms with Gasteiger partial charge in [0.2, 0.25) is 0 Å². The third kappa shape index (κ3) is 3.16. The summed E-state index contributed by atoms with van der Waals surface area (Å²) in [5, 5.41) is 13.2. The Morgan fingerprint density at radius 3 is 3.05 bits per heavy atom. The fraction of sp³-hybridized carbons (Fsp3) is 0.529. The van der Waals surface area contributed by atoms with Gasteiger partial charge >= 0.3 is 0 Å². The van der Waals surface area contributed by atoms with Gasteiger partial charge in [0.05, 0.1) is 17.4 Å². The molecule has 1 aromatic heterocycles. The summed E-state index contributed by atoms with van der Waals surface area (Å²) in [7, 11) is 0. The molecular formula is C17H24N4. The third-order valence-electron chi connectivity index (χ3n) is 4.14. The molecule has 0 aliphatic carbocycles. The maximum Gasteiger partial charge on any atom is 0.0950 e. The van der Waals surface area contributed by atoms with E-state index in [-0.39, 0.29) is 0 Å². The van der Waals surface area contributed by atoms with E-state index in [1.54, 1.807) is 0 Å². The van der Waals surface area contributed by atoms with E-state index in [0.29, 0.717) is 12.0 Å². The number of rotatable bonds is 5. The SMILES string of the molecule is CC(C)CNCC1CCCN1c1cnnc2ccccc12.